The van der Waals surface area contributed by atoms with E-state index >= 15 is 0 Å². The highest BCUT2D eigenvalue weighted by atomic mass is 19.3. The highest BCUT2D eigenvalue weighted by Gasteiger charge is 2.43. The van der Waals surface area contributed by atoms with Crippen molar-refractivity contribution in [3.63, 3.8) is 0 Å². The Balaban J connectivity index is 1.87. The highest BCUT2D eigenvalue weighted by Crippen LogP contribution is 2.38. The Bertz CT molecular complexity index is 722. The first-order valence-electron chi connectivity index (χ1n) is 6.76. The van der Waals surface area contributed by atoms with Crippen molar-refractivity contribution in [2.45, 2.75) is 12.2 Å². The van der Waals surface area contributed by atoms with E-state index in [-0.39, 0.29) is 5.56 Å². The summed E-state index contributed by atoms with van der Waals surface area (Å²) < 4.78 is 42.6. The van der Waals surface area contributed by atoms with Gasteiger partial charge in [0, 0.05) is 12.4 Å². The lowest BCUT2D eigenvalue weighted by Gasteiger charge is -2.21. The molecule has 0 aliphatic heterocycles. The number of aromatic nitrogens is 2. The van der Waals surface area contributed by atoms with E-state index in [1.807, 2.05) is 30.3 Å². The van der Waals surface area contributed by atoms with Gasteiger partial charge >= 0.3 is 6.05 Å². The van der Waals surface area contributed by atoms with Crippen LogP contribution in [0, 0.1) is 0 Å². The summed E-state index contributed by atoms with van der Waals surface area (Å²) in [5.41, 5.74) is 1.71. The maximum Gasteiger partial charge on any atom is 0.378 e. The summed E-state index contributed by atoms with van der Waals surface area (Å²) in [6.45, 7) is 0. The van der Waals surface area contributed by atoms with Crippen LogP contribution in [0.15, 0.2) is 73.1 Å². The summed E-state index contributed by atoms with van der Waals surface area (Å²) >= 11 is 0. The minimum atomic E-state index is -3.72. The molecule has 0 aliphatic rings. The van der Waals surface area contributed by atoms with E-state index in [1.165, 1.54) is 24.4 Å². The molecule has 5 heteroatoms. The van der Waals surface area contributed by atoms with Crippen LogP contribution < -0.4 is 0 Å². The van der Waals surface area contributed by atoms with Gasteiger partial charge < -0.3 is 0 Å². The molecule has 0 saturated heterocycles. The Morgan fingerprint density at radius 3 is 2.09 bits per heavy atom. The van der Waals surface area contributed by atoms with Crippen LogP contribution in [0.2, 0.25) is 0 Å². The van der Waals surface area contributed by atoms with Crippen LogP contribution >= 0.6 is 0 Å². The molecule has 0 radical (unpaired) electrons. The van der Waals surface area contributed by atoms with E-state index in [2.05, 4.69) is 5.10 Å². The van der Waals surface area contributed by atoms with Crippen LogP contribution in [0.5, 0.6) is 0 Å². The summed E-state index contributed by atoms with van der Waals surface area (Å²) in [6, 6.07) is 13.1. The molecular formula is C17H13F3N2. The maximum absolute atomic E-state index is 14.2. The van der Waals surface area contributed by atoms with Gasteiger partial charge in [-0.15, -0.1) is 0 Å². The summed E-state index contributed by atoms with van der Waals surface area (Å²) in [6.07, 6.45) is -0.221. The lowest BCUT2D eigenvalue weighted by Crippen LogP contribution is -2.29. The largest absolute Gasteiger partial charge is 0.378 e. The van der Waals surface area contributed by atoms with Gasteiger partial charge in [-0.1, -0.05) is 54.6 Å². The fourth-order valence-corrected chi connectivity index (χ4v) is 2.24. The summed E-state index contributed by atoms with van der Waals surface area (Å²) in [7, 11) is 0. The standard InChI is InChI=1S/C17H13F3N2/c18-16(17(19,20)22-12-4-11-21-22)15-9-7-14(8-10-15)13-5-2-1-3-6-13/h1-12,16H. The van der Waals surface area contributed by atoms with Crippen LogP contribution in [0.25, 0.3) is 11.1 Å². The molecule has 0 spiro atoms. The smallest absolute Gasteiger partial charge is 0.233 e. The number of hydrogen-bond acceptors (Lipinski definition) is 1. The van der Waals surface area contributed by atoms with Crippen LogP contribution in [0.1, 0.15) is 11.7 Å². The molecule has 1 atom stereocenters. The van der Waals surface area contributed by atoms with E-state index in [9.17, 15) is 13.2 Å². The Kier molecular flexibility index (Phi) is 3.71. The van der Waals surface area contributed by atoms with Gasteiger partial charge in [-0.25, -0.2) is 9.07 Å². The van der Waals surface area contributed by atoms with Gasteiger partial charge in [-0.05, 0) is 22.8 Å². The zero-order valence-corrected chi connectivity index (χ0v) is 11.5. The molecule has 112 valence electrons. The second-order valence-electron chi connectivity index (χ2n) is 4.89. The van der Waals surface area contributed by atoms with Gasteiger partial charge in [0.1, 0.15) is 0 Å². The summed E-state index contributed by atoms with van der Waals surface area (Å²) in [5.74, 6) is 0. The third kappa shape index (κ3) is 2.62. The van der Waals surface area contributed by atoms with Crippen molar-refractivity contribution in [1.82, 2.24) is 9.78 Å². The predicted octanol–water partition coefficient (Wildman–Crippen LogP) is 4.81. The zero-order valence-electron chi connectivity index (χ0n) is 11.5. The topological polar surface area (TPSA) is 17.8 Å². The number of nitrogens with zero attached hydrogens (tertiary/aromatic N) is 2. The van der Waals surface area contributed by atoms with E-state index in [0.717, 1.165) is 17.3 Å². The Hall–Kier alpha value is -2.56. The molecular weight excluding hydrogens is 289 g/mol. The van der Waals surface area contributed by atoms with Crippen molar-refractivity contribution < 1.29 is 13.2 Å². The first-order chi connectivity index (χ1) is 10.6. The van der Waals surface area contributed by atoms with Crippen molar-refractivity contribution in [3.8, 4) is 11.1 Å². The maximum atomic E-state index is 14.2. The van der Waals surface area contributed by atoms with Crippen LogP contribution in [0.3, 0.4) is 0 Å². The monoisotopic (exact) mass is 302 g/mol. The van der Waals surface area contributed by atoms with Crippen molar-refractivity contribution in [2.75, 3.05) is 0 Å². The number of hydrogen-bond donors (Lipinski definition) is 0. The molecule has 3 aromatic rings. The SMILES string of the molecule is FC(c1ccc(-c2ccccc2)cc1)C(F)(F)n1cccn1. The van der Waals surface area contributed by atoms with Crippen molar-refractivity contribution in [3.05, 3.63) is 78.6 Å². The van der Waals surface area contributed by atoms with Crippen molar-refractivity contribution in [2.24, 2.45) is 0 Å². The first-order valence-corrected chi connectivity index (χ1v) is 6.76. The molecule has 0 fully saturated rings. The number of halogens is 3. The quantitative estimate of drug-likeness (QED) is 0.676. The van der Waals surface area contributed by atoms with E-state index in [0.29, 0.717) is 4.68 Å². The average Bonchev–Trinajstić information content (AvgIpc) is 3.10. The highest BCUT2D eigenvalue weighted by molar-refractivity contribution is 5.63. The van der Waals surface area contributed by atoms with Crippen LogP contribution in [-0.4, -0.2) is 9.78 Å². The third-order valence-corrected chi connectivity index (χ3v) is 3.43. The first kappa shape index (κ1) is 14.4. The average molecular weight is 302 g/mol. The third-order valence-electron chi connectivity index (χ3n) is 3.43. The molecule has 0 amide bonds. The number of alkyl halides is 3. The molecule has 3 rings (SSSR count). The molecule has 1 unspecified atom stereocenters. The Labute approximate surface area is 125 Å². The Morgan fingerprint density at radius 2 is 1.50 bits per heavy atom. The lowest BCUT2D eigenvalue weighted by atomic mass is 10.0. The molecule has 0 saturated carbocycles. The molecule has 2 nitrogen and oxygen atoms in total. The van der Waals surface area contributed by atoms with Gasteiger partial charge in [-0.2, -0.15) is 13.9 Å². The van der Waals surface area contributed by atoms with Crippen LogP contribution in [-0.2, 0) is 6.05 Å². The van der Waals surface area contributed by atoms with Gasteiger partial charge in [0.15, 0.2) is 0 Å². The molecule has 22 heavy (non-hydrogen) atoms. The normalized spacial score (nSPS) is 13.0. The zero-order chi connectivity index (χ0) is 15.6. The van der Waals surface area contributed by atoms with Gasteiger partial charge in [0.25, 0.3) is 0 Å². The minimum Gasteiger partial charge on any atom is -0.233 e. The summed E-state index contributed by atoms with van der Waals surface area (Å²) in [5, 5.41) is 3.43. The minimum absolute atomic E-state index is 0.0832. The van der Waals surface area contributed by atoms with E-state index < -0.39 is 12.2 Å². The number of benzene rings is 2. The molecule has 2 aromatic carbocycles. The van der Waals surface area contributed by atoms with Gasteiger partial charge in [0.2, 0.25) is 6.17 Å². The van der Waals surface area contributed by atoms with E-state index in [4.69, 9.17) is 0 Å². The molecule has 0 aliphatic carbocycles. The fourth-order valence-electron chi connectivity index (χ4n) is 2.24. The van der Waals surface area contributed by atoms with Gasteiger partial charge in [0.05, 0.1) is 0 Å². The molecule has 1 heterocycles. The van der Waals surface area contributed by atoms with Crippen LogP contribution in [0.4, 0.5) is 13.2 Å². The molecule has 1 aromatic heterocycles. The fraction of sp³-hybridized carbons (Fsp3) is 0.118. The van der Waals surface area contributed by atoms with E-state index in [1.54, 1.807) is 12.1 Å². The molecule has 0 N–H and O–H groups in total. The van der Waals surface area contributed by atoms with Gasteiger partial charge in [-0.3, -0.25) is 0 Å². The lowest BCUT2D eigenvalue weighted by molar-refractivity contribution is -0.154. The van der Waals surface area contributed by atoms with Crippen molar-refractivity contribution in [1.29, 1.82) is 0 Å². The second-order valence-corrected chi connectivity index (χ2v) is 4.89. The summed E-state index contributed by atoms with van der Waals surface area (Å²) in [4.78, 5) is 0. The predicted molar refractivity (Wildman–Crippen MR) is 78.1 cm³/mol. The van der Waals surface area contributed by atoms with Crippen molar-refractivity contribution >= 4 is 0 Å². The Morgan fingerprint density at radius 1 is 0.864 bits per heavy atom. The second kappa shape index (κ2) is 5.67. The number of rotatable bonds is 4. The molecule has 0 bridgehead atoms.